The third-order valence-electron chi connectivity index (χ3n) is 4.93. The highest BCUT2D eigenvalue weighted by Gasteiger charge is 2.33. The summed E-state index contributed by atoms with van der Waals surface area (Å²) in [7, 11) is 0. The van der Waals surface area contributed by atoms with E-state index in [9.17, 15) is 23.3 Å². The Morgan fingerprint density at radius 3 is 2.76 bits per heavy atom. The van der Waals surface area contributed by atoms with Crippen LogP contribution in [0.2, 0.25) is 0 Å². The molecule has 2 heterocycles. The van der Waals surface area contributed by atoms with Gasteiger partial charge >= 0.3 is 6.18 Å². The number of nitro groups is 1. The summed E-state index contributed by atoms with van der Waals surface area (Å²) in [5.41, 5.74) is 3.38. The third-order valence-corrected chi connectivity index (χ3v) is 4.93. The summed E-state index contributed by atoms with van der Waals surface area (Å²) in [4.78, 5) is 10.3. The van der Waals surface area contributed by atoms with Gasteiger partial charge in [-0.15, -0.1) is 0 Å². The standard InChI is InChI=1S/C19H21F3N4O3/c1-12-8-14(13(2)25(12)11-16-4-3-7-29-16)10-23-24-17-6-5-15(19(20,21)22)9-18(17)26(27)28/h5-6,8-10,16,24H,3-4,7,11H2,1-2H3/b23-10-/t16-/m1/s1. The maximum atomic E-state index is 12.8. The van der Waals surface area contributed by atoms with E-state index in [1.54, 1.807) is 0 Å². The molecule has 1 N–H and O–H groups in total. The second kappa shape index (κ2) is 8.24. The number of alkyl halides is 3. The molecular weight excluding hydrogens is 389 g/mol. The first-order valence-electron chi connectivity index (χ1n) is 9.10. The lowest BCUT2D eigenvalue weighted by Gasteiger charge is -2.14. The molecule has 10 heteroatoms. The minimum absolute atomic E-state index is 0.118. The lowest BCUT2D eigenvalue weighted by molar-refractivity contribution is -0.384. The predicted octanol–water partition coefficient (Wildman–Crippen LogP) is 4.66. The van der Waals surface area contributed by atoms with E-state index >= 15 is 0 Å². The number of hydrazone groups is 1. The van der Waals surface area contributed by atoms with Crippen LogP contribution in [0.1, 0.15) is 35.4 Å². The molecule has 2 aromatic rings. The Morgan fingerprint density at radius 1 is 1.38 bits per heavy atom. The van der Waals surface area contributed by atoms with Gasteiger partial charge in [0.25, 0.3) is 5.69 Å². The fraction of sp³-hybridized carbons (Fsp3) is 0.421. The summed E-state index contributed by atoms with van der Waals surface area (Å²) in [5, 5.41) is 15.1. The van der Waals surface area contributed by atoms with E-state index in [4.69, 9.17) is 4.74 Å². The van der Waals surface area contributed by atoms with Gasteiger partial charge in [0.2, 0.25) is 0 Å². The molecular formula is C19H21F3N4O3. The van der Waals surface area contributed by atoms with Crippen LogP contribution in [0, 0.1) is 24.0 Å². The molecule has 7 nitrogen and oxygen atoms in total. The molecule has 0 amide bonds. The van der Waals surface area contributed by atoms with Crippen molar-refractivity contribution in [3.05, 3.63) is 56.9 Å². The molecule has 1 atom stereocenters. The van der Waals surface area contributed by atoms with Crippen LogP contribution in [0.15, 0.2) is 29.4 Å². The monoisotopic (exact) mass is 410 g/mol. The number of hydrogen-bond acceptors (Lipinski definition) is 5. The second-order valence-electron chi connectivity index (χ2n) is 6.93. The Kier molecular flexibility index (Phi) is 5.92. The van der Waals surface area contributed by atoms with Crippen LogP contribution < -0.4 is 5.43 Å². The topological polar surface area (TPSA) is 81.7 Å². The summed E-state index contributed by atoms with van der Waals surface area (Å²) < 4.78 is 46.1. The lowest BCUT2D eigenvalue weighted by atomic mass is 10.1. The van der Waals surface area contributed by atoms with Crippen LogP contribution in [-0.4, -0.2) is 28.4 Å². The predicted molar refractivity (Wildman–Crippen MR) is 102 cm³/mol. The molecule has 1 saturated heterocycles. The second-order valence-corrected chi connectivity index (χ2v) is 6.93. The number of hydrogen-bond donors (Lipinski definition) is 1. The highest BCUT2D eigenvalue weighted by molar-refractivity contribution is 5.82. The number of rotatable bonds is 6. The number of nitro benzene ring substituents is 1. The molecule has 0 aliphatic carbocycles. The molecule has 1 aromatic carbocycles. The molecule has 156 valence electrons. The van der Waals surface area contributed by atoms with Crippen LogP contribution in [0.4, 0.5) is 24.5 Å². The normalized spacial score (nSPS) is 17.2. The van der Waals surface area contributed by atoms with E-state index in [0.29, 0.717) is 6.07 Å². The molecule has 0 radical (unpaired) electrons. The minimum atomic E-state index is -4.66. The zero-order valence-corrected chi connectivity index (χ0v) is 16.0. The van der Waals surface area contributed by atoms with Gasteiger partial charge in [0.1, 0.15) is 5.69 Å². The van der Waals surface area contributed by atoms with Gasteiger partial charge < -0.3 is 9.30 Å². The van der Waals surface area contributed by atoms with Gasteiger partial charge in [-0.25, -0.2) is 0 Å². The van der Waals surface area contributed by atoms with Crippen molar-refractivity contribution in [1.29, 1.82) is 0 Å². The molecule has 0 spiro atoms. The number of ether oxygens (including phenoxy) is 1. The van der Waals surface area contributed by atoms with E-state index in [1.807, 2.05) is 19.9 Å². The first kappa shape index (κ1) is 20.8. The Bertz CT molecular complexity index is 932. The number of nitrogens with one attached hydrogen (secondary N) is 1. The number of anilines is 1. The maximum Gasteiger partial charge on any atom is 0.416 e. The largest absolute Gasteiger partial charge is 0.416 e. The summed E-state index contributed by atoms with van der Waals surface area (Å²) in [6.07, 6.45) is -0.922. The lowest BCUT2D eigenvalue weighted by Crippen LogP contribution is -2.16. The molecule has 29 heavy (non-hydrogen) atoms. The quantitative estimate of drug-likeness (QED) is 0.427. The summed E-state index contributed by atoms with van der Waals surface area (Å²) in [6, 6.07) is 4.19. The van der Waals surface area contributed by atoms with Gasteiger partial charge in [0, 0.05) is 36.2 Å². The van der Waals surface area contributed by atoms with Gasteiger partial charge in [-0.3, -0.25) is 15.5 Å². The number of nitrogens with zero attached hydrogens (tertiary/aromatic N) is 3. The highest BCUT2D eigenvalue weighted by Crippen LogP contribution is 2.35. The summed E-state index contributed by atoms with van der Waals surface area (Å²) >= 11 is 0. The van der Waals surface area contributed by atoms with Gasteiger partial charge in [0.05, 0.1) is 22.8 Å². The third kappa shape index (κ3) is 4.76. The molecule has 1 fully saturated rings. The van der Waals surface area contributed by atoms with Crippen LogP contribution in [0.5, 0.6) is 0 Å². The van der Waals surface area contributed by atoms with Crippen molar-refractivity contribution in [2.45, 2.75) is 45.5 Å². The fourth-order valence-corrected chi connectivity index (χ4v) is 3.36. The zero-order chi connectivity index (χ0) is 21.2. The van der Waals surface area contributed by atoms with Crippen molar-refractivity contribution in [2.24, 2.45) is 5.10 Å². The summed E-state index contributed by atoms with van der Waals surface area (Å²) in [6.45, 7) is 5.41. The van der Waals surface area contributed by atoms with Gasteiger partial charge in [-0.05, 0) is 44.9 Å². The first-order valence-corrected chi connectivity index (χ1v) is 9.10. The summed E-state index contributed by atoms with van der Waals surface area (Å²) in [5.74, 6) is 0. The smallest absolute Gasteiger partial charge is 0.376 e. The molecule has 3 rings (SSSR count). The van der Waals surface area contributed by atoms with Gasteiger partial charge in [0.15, 0.2) is 0 Å². The molecule has 1 aromatic heterocycles. The van der Waals surface area contributed by atoms with E-state index in [2.05, 4.69) is 15.1 Å². The zero-order valence-electron chi connectivity index (χ0n) is 16.0. The first-order chi connectivity index (χ1) is 13.7. The van der Waals surface area contributed by atoms with Crippen molar-refractivity contribution < 1.29 is 22.8 Å². The molecule has 0 bridgehead atoms. The van der Waals surface area contributed by atoms with Crippen molar-refractivity contribution in [3.63, 3.8) is 0 Å². The van der Waals surface area contributed by atoms with E-state index < -0.39 is 22.4 Å². The van der Waals surface area contributed by atoms with Gasteiger partial charge in [-0.2, -0.15) is 18.3 Å². The van der Waals surface area contributed by atoms with Crippen LogP contribution >= 0.6 is 0 Å². The molecule has 0 unspecified atom stereocenters. The Hall–Kier alpha value is -2.88. The van der Waals surface area contributed by atoms with Crippen molar-refractivity contribution >= 4 is 17.6 Å². The molecule has 0 saturated carbocycles. The number of aromatic nitrogens is 1. The van der Waals surface area contributed by atoms with E-state index in [-0.39, 0.29) is 11.8 Å². The molecule has 1 aliphatic heterocycles. The SMILES string of the molecule is Cc1cc(/C=N\Nc2ccc(C(F)(F)F)cc2[N+](=O)[O-])c(C)n1C[C@H]1CCCO1. The molecule has 1 aliphatic rings. The number of aryl methyl sites for hydroxylation is 1. The van der Waals surface area contributed by atoms with E-state index in [0.717, 1.165) is 55.1 Å². The van der Waals surface area contributed by atoms with Crippen LogP contribution in [-0.2, 0) is 17.5 Å². The Balaban J connectivity index is 1.77. The highest BCUT2D eigenvalue weighted by atomic mass is 19.4. The van der Waals surface area contributed by atoms with Crippen molar-refractivity contribution in [2.75, 3.05) is 12.0 Å². The van der Waals surface area contributed by atoms with Gasteiger partial charge in [-0.1, -0.05) is 0 Å². The van der Waals surface area contributed by atoms with E-state index in [1.165, 1.54) is 6.21 Å². The van der Waals surface area contributed by atoms with Crippen molar-refractivity contribution in [3.8, 4) is 0 Å². The van der Waals surface area contributed by atoms with Crippen LogP contribution in [0.3, 0.4) is 0 Å². The number of halogens is 3. The average Bonchev–Trinajstić information content (AvgIpc) is 3.25. The van der Waals surface area contributed by atoms with Crippen LogP contribution in [0.25, 0.3) is 0 Å². The minimum Gasteiger partial charge on any atom is -0.376 e. The van der Waals surface area contributed by atoms with Crippen molar-refractivity contribution in [1.82, 2.24) is 4.57 Å². The fourth-order valence-electron chi connectivity index (χ4n) is 3.36. The maximum absolute atomic E-state index is 12.8. The Labute approximate surface area is 165 Å². The average molecular weight is 410 g/mol. The number of benzene rings is 1. The Morgan fingerprint density at radius 2 is 2.14 bits per heavy atom.